The second-order valence-electron chi connectivity index (χ2n) is 9.13. The average Bonchev–Trinajstić information content (AvgIpc) is 2.83. The number of rotatable bonds is 12. The molecule has 2 aromatic carbocycles. The SMILES string of the molecule is CCCCCCCCCCO[C@H]1CC[C@H](c2ccc(-c3ccc(C#N)cc3)cc2)CC1. The Balaban J connectivity index is 1.33. The summed E-state index contributed by atoms with van der Waals surface area (Å²) in [5.74, 6) is 0.665. The Morgan fingerprint density at radius 2 is 1.29 bits per heavy atom. The maximum atomic E-state index is 8.95. The summed E-state index contributed by atoms with van der Waals surface area (Å²) in [7, 11) is 0. The smallest absolute Gasteiger partial charge is 0.0991 e. The predicted octanol–water partition coefficient (Wildman–Crippen LogP) is 8.41. The van der Waals surface area contributed by atoms with Gasteiger partial charge in [-0.2, -0.15) is 5.26 Å². The number of unbranched alkanes of at least 4 members (excludes halogenated alkanes) is 7. The molecule has 0 atom stereocenters. The maximum absolute atomic E-state index is 8.95. The first-order valence-corrected chi connectivity index (χ1v) is 12.5. The molecular weight excluding hydrogens is 378 g/mol. The third kappa shape index (κ3) is 7.82. The van der Waals surface area contributed by atoms with Gasteiger partial charge in [-0.1, -0.05) is 88.3 Å². The Bertz CT molecular complexity index is 779. The van der Waals surface area contributed by atoms with Crippen LogP contribution in [0.1, 0.15) is 101 Å². The summed E-state index contributed by atoms with van der Waals surface area (Å²) in [5, 5.41) is 8.95. The van der Waals surface area contributed by atoms with Gasteiger partial charge in [-0.3, -0.25) is 0 Å². The fourth-order valence-electron chi connectivity index (χ4n) is 4.73. The van der Waals surface area contributed by atoms with E-state index in [1.807, 2.05) is 24.3 Å². The summed E-state index contributed by atoms with van der Waals surface area (Å²) in [6, 6.07) is 19.0. The van der Waals surface area contributed by atoms with E-state index in [0.29, 0.717) is 17.6 Å². The van der Waals surface area contributed by atoms with Crippen molar-refractivity contribution in [3.05, 3.63) is 59.7 Å². The molecule has 0 saturated heterocycles. The first-order chi connectivity index (χ1) is 15.3. The van der Waals surface area contributed by atoms with E-state index in [4.69, 9.17) is 10.00 Å². The van der Waals surface area contributed by atoms with Crippen molar-refractivity contribution in [1.82, 2.24) is 0 Å². The third-order valence-corrected chi connectivity index (χ3v) is 6.76. The van der Waals surface area contributed by atoms with Gasteiger partial charge in [0.15, 0.2) is 0 Å². The van der Waals surface area contributed by atoms with Crippen molar-refractivity contribution < 1.29 is 4.74 Å². The molecule has 2 heteroatoms. The van der Waals surface area contributed by atoms with E-state index in [2.05, 4.69) is 37.3 Å². The molecule has 0 radical (unpaired) electrons. The van der Waals surface area contributed by atoms with Crippen molar-refractivity contribution >= 4 is 0 Å². The quantitative estimate of drug-likeness (QED) is 0.325. The van der Waals surface area contributed by atoms with Crippen molar-refractivity contribution in [1.29, 1.82) is 5.26 Å². The van der Waals surface area contributed by atoms with E-state index >= 15 is 0 Å². The number of ether oxygens (including phenoxy) is 1. The van der Waals surface area contributed by atoms with Gasteiger partial charge in [0, 0.05) is 6.61 Å². The lowest BCUT2D eigenvalue weighted by atomic mass is 9.82. The molecule has 166 valence electrons. The monoisotopic (exact) mass is 417 g/mol. The molecule has 1 saturated carbocycles. The van der Waals surface area contributed by atoms with Crippen molar-refractivity contribution in [2.24, 2.45) is 0 Å². The highest BCUT2D eigenvalue weighted by Crippen LogP contribution is 2.35. The zero-order valence-corrected chi connectivity index (χ0v) is 19.3. The van der Waals surface area contributed by atoms with Crippen LogP contribution in [0.15, 0.2) is 48.5 Å². The Labute approximate surface area is 189 Å². The lowest BCUT2D eigenvalue weighted by Crippen LogP contribution is -2.21. The van der Waals surface area contributed by atoms with Gasteiger partial charge in [0.2, 0.25) is 0 Å². The van der Waals surface area contributed by atoms with Gasteiger partial charge in [0.1, 0.15) is 0 Å². The normalized spacial score (nSPS) is 18.6. The molecule has 0 aliphatic heterocycles. The molecule has 1 aliphatic carbocycles. The van der Waals surface area contributed by atoms with Crippen molar-refractivity contribution in [2.45, 2.75) is 96.0 Å². The molecule has 0 unspecified atom stereocenters. The minimum atomic E-state index is 0.471. The predicted molar refractivity (Wildman–Crippen MR) is 130 cm³/mol. The molecule has 0 bridgehead atoms. The molecule has 0 spiro atoms. The number of benzene rings is 2. The van der Waals surface area contributed by atoms with Crippen LogP contribution >= 0.6 is 0 Å². The topological polar surface area (TPSA) is 33.0 Å². The van der Waals surface area contributed by atoms with Gasteiger partial charge in [0.25, 0.3) is 0 Å². The maximum Gasteiger partial charge on any atom is 0.0991 e. The van der Waals surface area contributed by atoms with E-state index in [0.717, 1.165) is 6.61 Å². The van der Waals surface area contributed by atoms with E-state index in [9.17, 15) is 0 Å². The summed E-state index contributed by atoms with van der Waals surface area (Å²) >= 11 is 0. The van der Waals surface area contributed by atoms with E-state index in [1.54, 1.807) is 0 Å². The van der Waals surface area contributed by atoms with Crippen LogP contribution in [-0.4, -0.2) is 12.7 Å². The van der Waals surface area contributed by atoms with Crippen molar-refractivity contribution in [3.63, 3.8) is 0 Å². The van der Waals surface area contributed by atoms with E-state index in [-0.39, 0.29) is 0 Å². The number of nitriles is 1. The molecular formula is C29H39NO. The molecule has 3 rings (SSSR count). The molecule has 2 aromatic rings. The van der Waals surface area contributed by atoms with Crippen LogP contribution in [0, 0.1) is 11.3 Å². The van der Waals surface area contributed by atoms with Gasteiger partial charge >= 0.3 is 0 Å². The highest BCUT2D eigenvalue weighted by atomic mass is 16.5. The number of nitrogens with zero attached hydrogens (tertiary/aromatic N) is 1. The highest BCUT2D eigenvalue weighted by molar-refractivity contribution is 5.64. The minimum Gasteiger partial charge on any atom is -0.378 e. The summed E-state index contributed by atoms with van der Waals surface area (Å²) < 4.78 is 6.19. The van der Waals surface area contributed by atoms with Crippen LogP contribution in [0.2, 0.25) is 0 Å². The van der Waals surface area contributed by atoms with Crippen LogP contribution in [0.3, 0.4) is 0 Å². The largest absolute Gasteiger partial charge is 0.378 e. The summed E-state index contributed by atoms with van der Waals surface area (Å²) in [4.78, 5) is 0. The van der Waals surface area contributed by atoms with Gasteiger partial charge in [-0.15, -0.1) is 0 Å². The Kier molecular flexibility index (Phi) is 10.1. The summed E-state index contributed by atoms with van der Waals surface area (Å²) in [5.41, 5.74) is 4.56. The average molecular weight is 418 g/mol. The molecule has 31 heavy (non-hydrogen) atoms. The van der Waals surface area contributed by atoms with E-state index < -0.39 is 0 Å². The van der Waals surface area contributed by atoms with Crippen molar-refractivity contribution in [2.75, 3.05) is 6.61 Å². The molecule has 0 N–H and O–H groups in total. The first kappa shape index (κ1) is 23.6. The van der Waals surface area contributed by atoms with E-state index in [1.165, 1.54) is 93.7 Å². The fraction of sp³-hybridized carbons (Fsp3) is 0.552. The Morgan fingerprint density at radius 1 is 0.742 bits per heavy atom. The molecule has 0 amide bonds. The second-order valence-corrected chi connectivity index (χ2v) is 9.13. The fourth-order valence-corrected chi connectivity index (χ4v) is 4.73. The second kappa shape index (κ2) is 13.3. The zero-order valence-electron chi connectivity index (χ0n) is 19.3. The lowest BCUT2D eigenvalue weighted by Gasteiger charge is -2.29. The molecule has 0 heterocycles. The molecule has 0 aromatic heterocycles. The summed E-state index contributed by atoms with van der Waals surface area (Å²) in [6.07, 6.45) is 16.2. The molecule has 1 aliphatic rings. The first-order valence-electron chi connectivity index (χ1n) is 12.5. The van der Waals surface area contributed by atoms with Gasteiger partial charge in [0.05, 0.1) is 17.7 Å². The summed E-state index contributed by atoms with van der Waals surface area (Å²) in [6.45, 7) is 3.23. The molecule has 2 nitrogen and oxygen atoms in total. The van der Waals surface area contributed by atoms with Gasteiger partial charge in [-0.25, -0.2) is 0 Å². The van der Waals surface area contributed by atoms with Crippen LogP contribution in [0.4, 0.5) is 0 Å². The molecule has 1 fully saturated rings. The van der Waals surface area contributed by atoms with Gasteiger partial charge < -0.3 is 4.74 Å². The number of hydrogen-bond acceptors (Lipinski definition) is 2. The van der Waals surface area contributed by atoms with Gasteiger partial charge in [-0.05, 0) is 66.8 Å². The Morgan fingerprint density at radius 3 is 1.87 bits per heavy atom. The zero-order chi connectivity index (χ0) is 21.7. The standard InChI is InChI=1S/C29H39NO/c1-2-3-4-5-6-7-8-9-22-31-29-20-18-28(19-21-29)27-16-14-26(15-17-27)25-12-10-24(23-30)11-13-25/h10-17,28-29H,2-9,18-22H2,1H3/t28-,29-. The van der Waals surface area contributed by atoms with Crippen LogP contribution in [-0.2, 0) is 4.74 Å². The Hall–Kier alpha value is -2.11. The van der Waals surface area contributed by atoms with Crippen LogP contribution < -0.4 is 0 Å². The van der Waals surface area contributed by atoms with Crippen LogP contribution in [0.5, 0.6) is 0 Å². The highest BCUT2D eigenvalue weighted by Gasteiger charge is 2.22. The lowest BCUT2D eigenvalue weighted by molar-refractivity contribution is 0.0226. The minimum absolute atomic E-state index is 0.471. The number of hydrogen-bond donors (Lipinski definition) is 0. The van der Waals surface area contributed by atoms with Crippen molar-refractivity contribution in [3.8, 4) is 17.2 Å². The van der Waals surface area contributed by atoms with Crippen LogP contribution in [0.25, 0.3) is 11.1 Å². The third-order valence-electron chi connectivity index (χ3n) is 6.76.